The first-order valence-corrected chi connectivity index (χ1v) is 7.21. The summed E-state index contributed by atoms with van der Waals surface area (Å²) in [5.41, 5.74) is 5.59. The molecular weight excluding hydrogens is 238 g/mol. The second-order valence-corrected chi connectivity index (χ2v) is 6.27. The van der Waals surface area contributed by atoms with Crippen molar-refractivity contribution in [2.24, 2.45) is 0 Å². The third kappa shape index (κ3) is 3.01. The molecule has 0 unspecified atom stereocenters. The molecule has 1 N–H and O–H groups in total. The molecule has 2 heteroatoms. The van der Waals surface area contributed by atoms with Crippen molar-refractivity contribution >= 4 is 11.3 Å². The van der Waals surface area contributed by atoms with E-state index in [-0.39, 0.29) is 0 Å². The molecule has 0 aliphatic rings. The Morgan fingerprint density at radius 2 is 1.61 bits per heavy atom. The van der Waals surface area contributed by atoms with E-state index >= 15 is 0 Å². The third-order valence-electron chi connectivity index (χ3n) is 3.46. The normalized spacial score (nSPS) is 10.9. The highest BCUT2D eigenvalue weighted by Gasteiger charge is 2.03. The lowest BCUT2D eigenvalue weighted by atomic mass is 10.0. The monoisotopic (exact) mass is 259 g/mol. The van der Waals surface area contributed by atoms with Gasteiger partial charge < -0.3 is 5.32 Å². The van der Waals surface area contributed by atoms with Crippen molar-refractivity contribution in [3.63, 3.8) is 0 Å². The maximum atomic E-state index is 3.55. The summed E-state index contributed by atoms with van der Waals surface area (Å²) in [5, 5.41) is 3.55. The molecule has 18 heavy (non-hydrogen) atoms. The summed E-state index contributed by atoms with van der Waals surface area (Å²) in [4.78, 5) is 2.86. The molecule has 0 atom stereocenters. The Bertz CT molecular complexity index is 500. The lowest BCUT2D eigenvalue weighted by Crippen LogP contribution is -2.13. The van der Waals surface area contributed by atoms with Crippen LogP contribution in [0.4, 0.5) is 0 Å². The van der Waals surface area contributed by atoms with Crippen LogP contribution in [-0.4, -0.2) is 0 Å². The summed E-state index contributed by atoms with van der Waals surface area (Å²) in [6.07, 6.45) is 0. The van der Waals surface area contributed by atoms with Crippen molar-refractivity contribution in [2.75, 3.05) is 0 Å². The lowest BCUT2D eigenvalue weighted by Gasteiger charge is -2.10. The highest BCUT2D eigenvalue weighted by molar-refractivity contribution is 7.12. The molecular formula is C16H21NS. The summed E-state index contributed by atoms with van der Waals surface area (Å²) >= 11 is 1.90. The molecule has 0 amide bonds. The molecule has 0 aliphatic heterocycles. The summed E-state index contributed by atoms with van der Waals surface area (Å²) in [6.45, 7) is 10.7. The van der Waals surface area contributed by atoms with Crippen LogP contribution >= 0.6 is 11.3 Å². The number of hydrogen-bond acceptors (Lipinski definition) is 2. The smallest absolute Gasteiger partial charge is 0.0303 e. The van der Waals surface area contributed by atoms with Gasteiger partial charge in [0.1, 0.15) is 0 Å². The molecule has 96 valence electrons. The average molecular weight is 259 g/mol. The fourth-order valence-electron chi connectivity index (χ4n) is 2.18. The Balaban J connectivity index is 1.96. The molecule has 1 nitrogen and oxygen atoms in total. The standard InChI is InChI=1S/C16H21NS/c1-11-6-5-7-12(2)16(11)10-17-9-15-8-13(3)14(4)18-15/h5-8,17H,9-10H2,1-4H3. The minimum Gasteiger partial charge on any atom is -0.308 e. The Morgan fingerprint density at radius 1 is 0.944 bits per heavy atom. The minimum atomic E-state index is 0.953. The summed E-state index contributed by atoms with van der Waals surface area (Å²) in [7, 11) is 0. The van der Waals surface area contributed by atoms with Gasteiger partial charge in [0.25, 0.3) is 0 Å². The Hall–Kier alpha value is -1.12. The van der Waals surface area contributed by atoms with Gasteiger partial charge in [-0.05, 0) is 56.0 Å². The quantitative estimate of drug-likeness (QED) is 0.864. The van der Waals surface area contributed by atoms with Gasteiger partial charge >= 0.3 is 0 Å². The first-order chi connectivity index (χ1) is 8.58. The highest BCUT2D eigenvalue weighted by Crippen LogP contribution is 2.20. The van der Waals surface area contributed by atoms with Gasteiger partial charge in [-0.3, -0.25) is 0 Å². The largest absolute Gasteiger partial charge is 0.308 e. The molecule has 0 saturated carbocycles. The van der Waals surface area contributed by atoms with Crippen LogP contribution in [-0.2, 0) is 13.1 Å². The van der Waals surface area contributed by atoms with Crippen molar-refractivity contribution in [3.05, 3.63) is 56.3 Å². The van der Waals surface area contributed by atoms with Crippen LogP contribution in [0.3, 0.4) is 0 Å². The minimum absolute atomic E-state index is 0.953. The van der Waals surface area contributed by atoms with Crippen molar-refractivity contribution in [3.8, 4) is 0 Å². The zero-order valence-corrected chi connectivity index (χ0v) is 12.4. The Morgan fingerprint density at radius 3 is 2.17 bits per heavy atom. The first-order valence-electron chi connectivity index (χ1n) is 6.39. The van der Waals surface area contributed by atoms with E-state index in [0.29, 0.717) is 0 Å². The maximum Gasteiger partial charge on any atom is 0.0303 e. The van der Waals surface area contributed by atoms with Crippen LogP contribution in [0.25, 0.3) is 0 Å². The van der Waals surface area contributed by atoms with Gasteiger partial charge in [0.15, 0.2) is 0 Å². The van der Waals surface area contributed by atoms with Gasteiger partial charge in [0.05, 0.1) is 0 Å². The van der Waals surface area contributed by atoms with Crippen LogP contribution in [0.2, 0.25) is 0 Å². The number of benzene rings is 1. The second-order valence-electron chi connectivity index (χ2n) is 4.93. The predicted octanol–water partition coefficient (Wildman–Crippen LogP) is 4.27. The van der Waals surface area contributed by atoms with Gasteiger partial charge in [0.2, 0.25) is 0 Å². The van der Waals surface area contributed by atoms with Crippen LogP contribution in [0.1, 0.15) is 32.0 Å². The van der Waals surface area contributed by atoms with Crippen LogP contribution in [0.5, 0.6) is 0 Å². The van der Waals surface area contributed by atoms with Gasteiger partial charge in [-0.15, -0.1) is 11.3 Å². The van der Waals surface area contributed by atoms with Crippen LogP contribution < -0.4 is 5.32 Å². The van der Waals surface area contributed by atoms with E-state index in [4.69, 9.17) is 0 Å². The topological polar surface area (TPSA) is 12.0 Å². The lowest BCUT2D eigenvalue weighted by molar-refractivity contribution is 0.695. The van der Waals surface area contributed by atoms with Crippen molar-refractivity contribution in [2.45, 2.75) is 40.8 Å². The highest BCUT2D eigenvalue weighted by atomic mass is 32.1. The van der Waals surface area contributed by atoms with E-state index in [1.807, 2.05) is 11.3 Å². The zero-order valence-electron chi connectivity index (χ0n) is 11.6. The van der Waals surface area contributed by atoms with Crippen LogP contribution in [0, 0.1) is 27.7 Å². The molecule has 0 bridgehead atoms. The summed E-state index contributed by atoms with van der Waals surface area (Å²) < 4.78 is 0. The number of thiophene rings is 1. The van der Waals surface area contributed by atoms with Gasteiger partial charge in [-0.1, -0.05) is 18.2 Å². The second kappa shape index (κ2) is 5.68. The number of nitrogens with one attached hydrogen (secondary N) is 1. The van der Waals surface area contributed by atoms with Crippen molar-refractivity contribution in [1.82, 2.24) is 5.32 Å². The van der Waals surface area contributed by atoms with Crippen molar-refractivity contribution in [1.29, 1.82) is 0 Å². The summed E-state index contributed by atoms with van der Waals surface area (Å²) in [6, 6.07) is 8.78. The fourth-order valence-corrected chi connectivity index (χ4v) is 3.20. The molecule has 0 radical (unpaired) electrons. The van der Waals surface area contributed by atoms with E-state index in [0.717, 1.165) is 13.1 Å². The average Bonchev–Trinajstić information content (AvgIpc) is 2.62. The molecule has 0 fully saturated rings. The van der Waals surface area contributed by atoms with Crippen molar-refractivity contribution < 1.29 is 0 Å². The molecule has 0 saturated heterocycles. The molecule has 2 aromatic rings. The number of rotatable bonds is 4. The Labute approximate surface area is 114 Å². The van der Waals surface area contributed by atoms with Crippen LogP contribution in [0.15, 0.2) is 24.3 Å². The molecule has 1 heterocycles. The third-order valence-corrected chi connectivity index (χ3v) is 4.62. The maximum absolute atomic E-state index is 3.55. The van der Waals surface area contributed by atoms with E-state index in [1.54, 1.807) is 0 Å². The van der Waals surface area contributed by atoms with E-state index < -0.39 is 0 Å². The number of aryl methyl sites for hydroxylation is 4. The van der Waals surface area contributed by atoms with E-state index in [9.17, 15) is 0 Å². The van der Waals surface area contributed by atoms with E-state index in [2.05, 4.69) is 57.3 Å². The Kier molecular flexibility index (Phi) is 4.20. The SMILES string of the molecule is Cc1cc(CNCc2c(C)cccc2C)sc1C. The number of hydrogen-bond donors (Lipinski definition) is 1. The predicted molar refractivity (Wildman–Crippen MR) is 80.3 cm³/mol. The van der Waals surface area contributed by atoms with Gasteiger partial charge in [-0.2, -0.15) is 0 Å². The first kappa shape index (κ1) is 13.3. The molecule has 1 aromatic heterocycles. The zero-order chi connectivity index (χ0) is 13.1. The van der Waals surface area contributed by atoms with E-state index in [1.165, 1.54) is 32.0 Å². The fraction of sp³-hybridized carbons (Fsp3) is 0.375. The molecule has 2 rings (SSSR count). The molecule has 0 spiro atoms. The summed E-state index contributed by atoms with van der Waals surface area (Å²) in [5.74, 6) is 0. The molecule has 1 aromatic carbocycles. The molecule has 0 aliphatic carbocycles. The van der Waals surface area contributed by atoms with Gasteiger partial charge in [0, 0.05) is 22.8 Å². The van der Waals surface area contributed by atoms with Gasteiger partial charge in [-0.25, -0.2) is 0 Å².